The van der Waals surface area contributed by atoms with E-state index in [-0.39, 0.29) is 68.5 Å². The Hall–Kier alpha value is 1.22. The molecule has 16 heavy (non-hydrogen) atoms. The zero-order valence-corrected chi connectivity index (χ0v) is 13.9. The Morgan fingerprint density at radius 1 is 1.44 bits per heavy atom. The van der Waals surface area contributed by atoms with E-state index >= 15 is 0 Å². The average Bonchev–Trinajstić information content (AvgIpc) is 2.34. The van der Waals surface area contributed by atoms with Gasteiger partial charge in [-0.05, 0) is 24.2 Å². The van der Waals surface area contributed by atoms with Gasteiger partial charge in [0, 0.05) is 11.8 Å². The van der Waals surface area contributed by atoms with Crippen molar-refractivity contribution in [3.8, 4) is 0 Å². The topological polar surface area (TPSA) is 74.3 Å². The van der Waals surface area contributed by atoms with E-state index in [1.54, 1.807) is 0 Å². The molecule has 0 spiro atoms. The molecule has 2 bridgehead atoms. The van der Waals surface area contributed by atoms with E-state index < -0.39 is 21.3 Å². The van der Waals surface area contributed by atoms with Crippen LogP contribution in [0, 0.1) is 16.7 Å². The van der Waals surface area contributed by atoms with E-state index in [0.29, 0.717) is 12.8 Å². The van der Waals surface area contributed by atoms with Crippen LogP contribution >= 0.6 is 0 Å². The third-order valence-electron chi connectivity index (χ3n) is 4.56. The summed E-state index contributed by atoms with van der Waals surface area (Å²) in [7, 11) is -4.33. The molecule has 2 atom stereocenters. The number of carbonyl (C=O) groups excluding carboxylic acids is 1. The molecule has 0 aromatic heterocycles. The van der Waals surface area contributed by atoms with Crippen LogP contribution in [0.4, 0.5) is 0 Å². The van der Waals surface area contributed by atoms with Crippen LogP contribution in [-0.4, -0.2) is 24.5 Å². The second-order valence-electron chi connectivity index (χ2n) is 5.37. The van der Waals surface area contributed by atoms with Crippen LogP contribution in [-0.2, 0) is 14.9 Å². The molecule has 0 aromatic rings. The van der Waals surface area contributed by atoms with Crippen molar-refractivity contribution in [2.24, 2.45) is 16.7 Å². The van der Waals surface area contributed by atoms with Crippen molar-refractivity contribution in [1.82, 2.24) is 0 Å². The van der Waals surface area contributed by atoms with Gasteiger partial charge in [-0.25, -0.2) is 8.42 Å². The van der Waals surface area contributed by atoms with Crippen molar-refractivity contribution < 1.29 is 69.1 Å². The summed E-state index contributed by atoms with van der Waals surface area (Å²) in [6.45, 7) is 3.83. The normalized spacial score (nSPS) is 36.2. The second kappa shape index (κ2) is 4.40. The molecular weight excluding hydrogens is 255 g/mol. The van der Waals surface area contributed by atoms with E-state index in [1.807, 2.05) is 13.8 Å². The maximum absolute atomic E-state index is 11.8. The van der Waals surface area contributed by atoms with Crippen LogP contribution in [0.1, 0.15) is 33.1 Å². The summed E-state index contributed by atoms with van der Waals surface area (Å²) < 4.78 is 32.7. The predicted octanol–water partition coefficient (Wildman–Crippen LogP) is -2.07. The van der Waals surface area contributed by atoms with Gasteiger partial charge < -0.3 is 4.55 Å². The van der Waals surface area contributed by atoms with Crippen LogP contribution in [0.3, 0.4) is 0 Å². The fraction of sp³-hybridized carbons (Fsp3) is 0.900. The molecule has 6 heteroatoms. The number of Topliss-reactive ketones (excluding diaryl/α,β-unsaturated/α-hetero) is 1. The molecule has 0 radical (unpaired) electrons. The molecule has 0 aromatic carbocycles. The molecule has 0 aliphatic heterocycles. The van der Waals surface area contributed by atoms with Gasteiger partial charge in [-0.3, -0.25) is 4.79 Å². The quantitative estimate of drug-likeness (QED) is 0.427. The van der Waals surface area contributed by atoms with Gasteiger partial charge >= 0.3 is 51.4 Å². The molecule has 2 saturated carbocycles. The van der Waals surface area contributed by atoms with Crippen molar-refractivity contribution in [3.05, 3.63) is 0 Å². The van der Waals surface area contributed by atoms with Gasteiger partial charge in [0.05, 0.1) is 15.9 Å². The van der Waals surface area contributed by atoms with E-state index in [4.69, 9.17) is 0 Å². The van der Waals surface area contributed by atoms with E-state index in [1.165, 1.54) is 0 Å². The summed E-state index contributed by atoms with van der Waals surface area (Å²) in [5, 5.41) is 0. The Kier molecular flexibility index (Phi) is 4.20. The van der Waals surface area contributed by atoms with Crippen LogP contribution < -0.4 is 51.4 Å². The first kappa shape index (κ1) is 15.3. The standard InChI is InChI=1S/C10H16O4S.K/c1-9(2)7-3-4-10(9,8(11)5-7)6-15(12,13)14;/h7H,3-6H2,1-2H3,(H,12,13,14);/q;+1/p-1. The number of hydrogen-bond donors (Lipinski definition) is 0. The fourth-order valence-corrected chi connectivity index (χ4v) is 4.69. The Balaban J connectivity index is 0.00000128. The Bertz CT molecular complexity index is 415. The number of rotatable bonds is 2. The summed E-state index contributed by atoms with van der Waals surface area (Å²) in [5.41, 5.74) is -1.22. The Labute approximate surface area is 139 Å². The summed E-state index contributed by atoms with van der Waals surface area (Å²) in [6.07, 6.45) is 1.88. The molecule has 4 nitrogen and oxygen atoms in total. The molecule has 2 unspecified atom stereocenters. The van der Waals surface area contributed by atoms with Crippen LogP contribution in [0.25, 0.3) is 0 Å². The maximum atomic E-state index is 11.8. The average molecular weight is 270 g/mol. The molecule has 2 aliphatic rings. The van der Waals surface area contributed by atoms with Gasteiger partial charge in [0.1, 0.15) is 5.78 Å². The van der Waals surface area contributed by atoms with Gasteiger partial charge in [0.15, 0.2) is 0 Å². The van der Waals surface area contributed by atoms with E-state index in [0.717, 1.165) is 6.42 Å². The minimum atomic E-state index is -4.33. The van der Waals surface area contributed by atoms with Crippen LogP contribution in [0.2, 0.25) is 0 Å². The first-order valence-electron chi connectivity index (χ1n) is 5.16. The molecule has 86 valence electrons. The number of ketones is 1. The first-order valence-corrected chi connectivity index (χ1v) is 6.74. The maximum Gasteiger partial charge on any atom is 1.00 e. The van der Waals surface area contributed by atoms with Gasteiger partial charge in [-0.1, -0.05) is 13.8 Å². The zero-order valence-electron chi connectivity index (χ0n) is 9.95. The first-order chi connectivity index (χ1) is 6.69. The van der Waals surface area contributed by atoms with Crippen LogP contribution in [0.15, 0.2) is 0 Å². The molecule has 2 aliphatic carbocycles. The summed E-state index contributed by atoms with van der Waals surface area (Å²) in [6, 6.07) is 0. The summed E-state index contributed by atoms with van der Waals surface area (Å²) in [4.78, 5) is 11.8. The van der Waals surface area contributed by atoms with Crippen molar-refractivity contribution in [1.29, 1.82) is 0 Å². The van der Waals surface area contributed by atoms with Crippen LogP contribution in [0.5, 0.6) is 0 Å². The second-order valence-corrected chi connectivity index (χ2v) is 6.77. The number of carbonyl (C=O) groups is 1. The number of fused-ring (bicyclic) bond motifs is 2. The molecular formula is C10H15KO4S. The minimum absolute atomic E-state index is 0. The van der Waals surface area contributed by atoms with Gasteiger partial charge in [-0.15, -0.1) is 0 Å². The Morgan fingerprint density at radius 3 is 2.31 bits per heavy atom. The minimum Gasteiger partial charge on any atom is -0.748 e. The molecule has 2 fully saturated rings. The largest absolute Gasteiger partial charge is 1.00 e. The summed E-state index contributed by atoms with van der Waals surface area (Å²) >= 11 is 0. The molecule has 2 rings (SSSR count). The van der Waals surface area contributed by atoms with Gasteiger partial charge in [0.2, 0.25) is 0 Å². The SMILES string of the molecule is CC1(C)C2CCC1(CS(=O)(=O)[O-])C(=O)C2.[K+]. The number of hydrogen-bond acceptors (Lipinski definition) is 4. The van der Waals surface area contributed by atoms with Crippen molar-refractivity contribution in [2.75, 3.05) is 5.75 Å². The molecule has 0 amide bonds. The van der Waals surface area contributed by atoms with Crippen molar-refractivity contribution in [3.63, 3.8) is 0 Å². The smallest absolute Gasteiger partial charge is 0.748 e. The van der Waals surface area contributed by atoms with E-state index in [9.17, 15) is 17.8 Å². The molecule has 0 N–H and O–H groups in total. The summed E-state index contributed by atoms with van der Waals surface area (Å²) in [5.74, 6) is -0.280. The predicted molar refractivity (Wildman–Crippen MR) is 53.1 cm³/mol. The van der Waals surface area contributed by atoms with Crippen molar-refractivity contribution >= 4 is 15.9 Å². The third kappa shape index (κ3) is 2.11. The fourth-order valence-electron chi connectivity index (χ4n) is 3.41. The monoisotopic (exact) mass is 270 g/mol. The van der Waals surface area contributed by atoms with Gasteiger partial charge in [0.25, 0.3) is 0 Å². The Morgan fingerprint density at radius 2 is 2.00 bits per heavy atom. The third-order valence-corrected chi connectivity index (χ3v) is 5.41. The zero-order chi connectivity index (χ0) is 11.5. The van der Waals surface area contributed by atoms with Gasteiger partial charge in [-0.2, -0.15) is 0 Å². The molecule has 0 saturated heterocycles. The molecule has 0 heterocycles. The van der Waals surface area contributed by atoms with E-state index in [2.05, 4.69) is 0 Å². The van der Waals surface area contributed by atoms with Crippen molar-refractivity contribution in [2.45, 2.75) is 33.1 Å².